The number of halogens is 1. The van der Waals surface area contributed by atoms with E-state index in [9.17, 15) is 18.0 Å². The summed E-state index contributed by atoms with van der Waals surface area (Å²) in [5.74, 6) is -1.37. The molecule has 1 atom stereocenters. The van der Waals surface area contributed by atoms with Crippen LogP contribution in [0.15, 0.2) is 45.0 Å². The SMILES string of the molecule is CCOC(=O)c1oc2ccccc2c1NC(=O)C1CCCCN1S(=O)(=O)c1ccc(Cl)s1. The zero-order valence-electron chi connectivity index (χ0n) is 17.2. The highest BCUT2D eigenvalue weighted by molar-refractivity contribution is 7.91. The molecule has 3 heterocycles. The van der Waals surface area contributed by atoms with Crippen LogP contribution < -0.4 is 5.32 Å². The van der Waals surface area contributed by atoms with Crippen molar-refractivity contribution in [2.75, 3.05) is 18.5 Å². The number of ether oxygens (including phenoxy) is 1. The van der Waals surface area contributed by atoms with Crippen LogP contribution >= 0.6 is 22.9 Å². The van der Waals surface area contributed by atoms with Gasteiger partial charge in [-0.1, -0.05) is 30.2 Å². The lowest BCUT2D eigenvalue weighted by atomic mass is 10.0. The third-order valence-electron chi connectivity index (χ3n) is 5.17. The number of carbonyl (C=O) groups excluding carboxylic acids is 2. The molecular formula is C21H21ClN2O6S2. The van der Waals surface area contributed by atoms with Crippen LogP contribution in [0.2, 0.25) is 4.34 Å². The average Bonchev–Trinajstić information content (AvgIpc) is 3.38. The van der Waals surface area contributed by atoms with Crippen LogP contribution in [0.1, 0.15) is 36.7 Å². The van der Waals surface area contributed by atoms with E-state index in [1.54, 1.807) is 31.2 Å². The number of benzene rings is 1. The van der Waals surface area contributed by atoms with Crippen LogP contribution in [0.4, 0.5) is 5.69 Å². The second-order valence-electron chi connectivity index (χ2n) is 7.20. The molecule has 1 saturated heterocycles. The molecule has 1 aromatic carbocycles. The van der Waals surface area contributed by atoms with Crippen LogP contribution in [0.25, 0.3) is 11.0 Å². The van der Waals surface area contributed by atoms with E-state index in [-0.39, 0.29) is 28.8 Å². The highest BCUT2D eigenvalue weighted by atomic mass is 35.5. The van der Waals surface area contributed by atoms with E-state index in [1.807, 2.05) is 0 Å². The minimum absolute atomic E-state index is 0.0863. The predicted molar refractivity (Wildman–Crippen MR) is 122 cm³/mol. The Bertz CT molecular complexity index is 1270. The largest absolute Gasteiger partial charge is 0.460 e. The first-order valence-electron chi connectivity index (χ1n) is 10.1. The van der Waals surface area contributed by atoms with Gasteiger partial charge >= 0.3 is 5.97 Å². The first-order chi connectivity index (χ1) is 15.3. The molecule has 1 aliphatic rings. The van der Waals surface area contributed by atoms with Crippen molar-refractivity contribution in [2.24, 2.45) is 0 Å². The van der Waals surface area contributed by atoms with Gasteiger partial charge in [0, 0.05) is 11.9 Å². The zero-order valence-corrected chi connectivity index (χ0v) is 19.6. The summed E-state index contributed by atoms with van der Waals surface area (Å²) in [4.78, 5) is 25.7. The van der Waals surface area contributed by atoms with Crippen LogP contribution in [-0.4, -0.2) is 43.8 Å². The Hall–Kier alpha value is -2.40. The van der Waals surface area contributed by atoms with Gasteiger partial charge in [0.25, 0.3) is 10.0 Å². The van der Waals surface area contributed by atoms with Crippen molar-refractivity contribution >= 4 is 61.5 Å². The normalized spacial score (nSPS) is 17.4. The van der Waals surface area contributed by atoms with Gasteiger partial charge < -0.3 is 14.5 Å². The number of hydrogen-bond donors (Lipinski definition) is 1. The molecule has 32 heavy (non-hydrogen) atoms. The molecule has 11 heteroatoms. The van der Waals surface area contributed by atoms with Gasteiger partial charge in [-0.2, -0.15) is 4.31 Å². The Morgan fingerprint density at radius 1 is 1.25 bits per heavy atom. The Morgan fingerprint density at radius 2 is 2.03 bits per heavy atom. The fourth-order valence-electron chi connectivity index (χ4n) is 3.72. The molecule has 1 unspecified atom stereocenters. The summed E-state index contributed by atoms with van der Waals surface area (Å²) in [6.45, 7) is 2.02. The minimum atomic E-state index is -3.90. The van der Waals surface area contributed by atoms with Crippen LogP contribution in [0.5, 0.6) is 0 Å². The molecule has 3 aromatic rings. The first-order valence-corrected chi connectivity index (χ1v) is 12.7. The van der Waals surface area contributed by atoms with Gasteiger partial charge in [-0.25, -0.2) is 13.2 Å². The smallest absolute Gasteiger partial charge is 0.376 e. The second kappa shape index (κ2) is 9.22. The van der Waals surface area contributed by atoms with Crippen LogP contribution in [0, 0.1) is 0 Å². The van der Waals surface area contributed by atoms with E-state index in [0.717, 1.165) is 11.3 Å². The number of anilines is 1. The fourth-order valence-corrected chi connectivity index (χ4v) is 6.99. The molecule has 4 rings (SSSR count). The molecule has 0 saturated carbocycles. The van der Waals surface area contributed by atoms with Crippen molar-refractivity contribution < 1.29 is 27.2 Å². The van der Waals surface area contributed by atoms with E-state index in [2.05, 4.69) is 5.32 Å². The number of fused-ring (bicyclic) bond motifs is 1. The highest BCUT2D eigenvalue weighted by Gasteiger charge is 2.39. The third kappa shape index (κ3) is 4.27. The molecule has 1 aliphatic heterocycles. The number of thiophene rings is 1. The van der Waals surface area contributed by atoms with Gasteiger partial charge in [0.05, 0.1) is 10.9 Å². The van der Waals surface area contributed by atoms with Crippen molar-refractivity contribution in [3.63, 3.8) is 0 Å². The summed E-state index contributed by atoms with van der Waals surface area (Å²) in [5, 5.41) is 3.27. The number of nitrogens with zero attached hydrogens (tertiary/aromatic N) is 1. The zero-order chi connectivity index (χ0) is 22.9. The summed E-state index contributed by atoms with van der Waals surface area (Å²) < 4.78 is 38.7. The van der Waals surface area contributed by atoms with Gasteiger partial charge in [-0.15, -0.1) is 11.3 Å². The lowest BCUT2D eigenvalue weighted by Crippen LogP contribution is -2.49. The fraction of sp³-hybridized carbons (Fsp3) is 0.333. The topological polar surface area (TPSA) is 106 Å². The maximum atomic E-state index is 13.3. The molecule has 170 valence electrons. The summed E-state index contributed by atoms with van der Waals surface area (Å²) in [7, 11) is -3.90. The second-order valence-corrected chi connectivity index (χ2v) is 11.0. The third-order valence-corrected chi connectivity index (χ3v) is 8.78. The molecule has 0 spiro atoms. The van der Waals surface area contributed by atoms with Gasteiger partial charge in [0.1, 0.15) is 21.5 Å². The Kier molecular flexibility index (Phi) is 6.57. The number of piperidine rings is 1. The molecule has 0 bridgehead atoms. The number of esters is 1. The minimum Gasteiger partial charge on any atom is -0.460 e. The summed E-state index contributed by atoms with van der Waals surface area (Å²) in [5.41, 5.74) is 0.582. The number of carbonyl (C=O) groups is 2. The van der Waals surface area contributed by atoms with Crippen molar-refractivity contribution in [3.8, 4) is 0 Å². The van der Waals surface area contributed by atoms with Gasteiger partial charge in [-0.05, 0) is 44.0 Å². The summed E-state index contributed by atoms with van der Waals surface area (Å²) in [6.07, 6.45) is 1.70. The number of amides is 1. The van der Waals surface area contributed by atoms with E-state index >= 15 is 0 Å². The standard InChI is InChI=1S/C21H21ClN2O6S2/c1-2-29-21(26)19-18(13-7-3-4-9-15(13)30-19)23-20(25)14-8-5-6-12-24(14)32(27,28)17-11-10-16(22)31-17/h3-4,7,9-11,14H,2,5-6,8,12H2,1H3,(H,23,25). The highest BCUT2D eigenvalue weighted by Crippen LogP contribution is 2.34. The van der Waals surface area contributed by atoms with Gasteiger partial charge in [0.15, 0.2) is 0 Å². The van der Waals surface area contributed by atoms with E-state index in [1.165, 1.54) is 16.4 Å². The maximum Gasteiger partial charge on any atom is 0.376 e. The van der Waals surface area contributed by atoms with Crippen molar-refractivity contribution in [1.82, 2.24) is 4.31 Å². The molecule has 0 radical (unpaired) electrons. The Morgan fingerprint density at radius 3 is 2.75 bits per heavy atom. The van der Waals surface area contributed by atoms with Crippen LogP contribution in [0.3, 0.4) is 0 Å². The van der Waals surface area contributed by atoms with E-state index in [4.69, 9.17) is 20.8 Å². The average molecular weight is 497 g/mol. The number of hydrogen-bond acceptors (Lipinski definition) is 7. The van der Waals surface area contributed by atoms with Crippen molar-refractivity contribution in [3.05, 3.63) is 46.5 Å². The lowest BCUT2D eigenvalue weighted by molar-refractivity contribution is -0.120. The first kappa shape index (κ1) is 22.8. The Balaban J connectivity index is 1.67. The summed E-state index contributed by atoms with van der Waals surface area (Å²) >= 11 is 6.88. The number of rotatable bonds is 6. The molecular weight excluding hydrogens is 476 g/mol. The van der Waals surface area contributed by atoms with E-state index in [0.29, 0.717) is 34.6 Å². The molecule has 0 aliphatic carbocycles. The molecule has 1 N–H and O–H groups in total. The summed E-state index contributed by atoms with van der Waals surface area (Å²) in [6, 6.07) is 8.90. The number of sulfonamides is 1. The van der Waals surface area contributed by atoms with Crippen molar-refractivity contribution in [2.45, 2.75) is 36.4 Å². The number of para-hydroxylation sites is 1. The molecule has 8 nitrogen and oxygen atoms in total. The van der Waals surface area contributed by atoms with Gasteiger partial charge in [-0.3, -0.25) is 4.79 Å². The lowest BCUT2D eigenvalue weighted by Gasteiger charge is -2.33. The molecule has 1 amide bonds. The van der Waals surface area contributed by atoms with Crippen molar-refractivity contribution in [1.29, 1.82) is 0 Å². The molecule has 2 aromatic heterocycles. The maximum absolute atomic E-state index is 13.3. The number of nitrogens with one attached hydrogen (secondary N) is 1. The molecule has 1 fully saturated rings. The monoisotopic (exact) mass is 496 g/mol. The predicted octanol–water partition coefficient (Wildman–Crippen LogP) is 4.51. The number of furan rings is 1. The quantitative estimate of drug-likeness (QED) is 0.503. The van der Waals surface area contributed by atoms with E-state index < -0.39 is 27.9 Å². The van der Waals surface area contributed by atoms with Gasteiger partial charge in [0.2, 0.25) is 11.7 Å². The van der Waals surface area contributed by atoms with Crippen LogP contribution in [-0.2, 0) is 19.6 Å². The Labute approximate surface area is 194 Å².